The van der Waals surface area contributed by atoms with Gasteiger partial charge in [0.05, 0.1) is 12.9 Å². The summed E-state index contributed by atoms with van der Waals surface area (Å²) in [5.74, 6) is 2.14. The number of aromatic nitrogens is 3. The van der Waals surface area contributed by atoms with Crippen molar-refractivity contribution in [3.8, 4) is 11.5 Å². The largest absolute Gasteiger partial charge is 0.493 e. The molecule has 0 aliphatic heterocycles. The maximum absolute atomic E-state index is 12.3. The first-order chi connectivity index (χ1) is 14.4. The van der Waals surface area contributed by atoms with Crippen molar-refractivity contribution in [1.82, 2.24) is 14.8 Å². The minimum Gasteiger partial charge on any atom is -0.493 e. The van der Waals surface area contributed by atoms with Crippen molar-refractivity contribution in [3.63, 3.8) is 0 Å². The molecule has 0 radical (unpaired) electrons. The Hall–Kier alpha value is -3.00. The van der Waals surface area contributed by atoms with E-state index in [1.165, 1.54) is 11.8 Å². The molecule has 158 valence electrons. The second kappa shape index (κ2) is 9.67. The van der Waals surface area contributed by atoms with E-state index in [1.807, 2.05) is 68.8 Å². The fourth-order valence-corrected chi connectivity index (χ4v) is 3.55. The van der Waals surface area contributed by atoms with Gasteiger partial charge in [0, 0.05) is 12.7 Å². The molecule has 0 spiro atoms. The van der Waals surface area contributed by atoms with E-state index in [1.54, 1.807) is 7.11 Å². The fraction of sp³-hybridized carbons (Fsp3) is 0.318. The number of methoxy groups -OCH3 is 1. The molecule has 0 unspecified atom stereocenters. The highest BCUT2D eigenvalue weighted by Crippen LogP contribution is 2.28. The number of carbonyl (C=O) groups is 1. The van der Waals surface area contributed by atoms with E-state index in [2.05, 4.69) is 15.5 Å². The number of thioether (sulfide) groups is 1. The third kappa shape index (κ3) is 5.33. The number of nitrogens with zero attached hydrogens (tertiary/aromatic N) is 3. The van der Waals surface area contributed by atoms with Crippen LogP contribution in [0, 0.1) is 20.8 Å². The predicted molar refractivity (Wildman–Crippen MR) is 118 cm³/mol. The molecule has 0 saturated carbocycles. The van der Waals surface area contributed by atoms with Gasteiger partial charge in [-0.2, -0.15) is 0 Å². The van der Waals surface area contributed by atoms with E-state index >= 15 is 0 Å². The number of carbonyl (C=O) groups excluding carboxylic acids is 1. The number of nitrogens with one attached hydrogen (secondary N) is 1. The van der Waals surface area contributed by atoms with E-state index in [-0.39, 0.29) is 18.3 Å². The molecule has 0 aliphatic carbocycles. The van der Waals surface area contributed by atoms with Gasteiger partial charge < -0.3 is 19.4 Å². The minimum atomic E-state index is -0.0844. The monoisotopic (exact) mass is 426 g/mol. The molecule has 0 aliphatic rings. The molecule has 1 N–H and O–H groups in total. The molecular weight excluding hydrogens is 400 g/mol. The van der Waals surface area contributed by atoms with Crippen molar-refractivity contribution < 1.29 is 14.3 Å². The second-order valence-electron chi connectivity index (χ2n) is 7.06. The lowest BCUT2D eigenvalue weighted by atomic mass is 10.1. The summed E-state index contributed by atoms with van der Waals surface area (Å²) in [6.45, 7) is 6.21. The van der Waals surface area contributed by atoms with E-state index in [0.717, 1.165) is 22.4 Å². The Morgan fingerprint density at radius 1 is 1.07 bits per heavy atom. The van der Waals surface area contributed by atoms with Crippen LogP contribution in [0.3, 0.4) is 0 Å². The fourth-order valence-electron chi connectivity index (χ4n) is 2.82. The molecular formula is C22H26N4O3S. The molecule has 0 bridgehead atoms. The quantitative estimate of drug-likeness (QED) is 0.548. The third-order valence-corrected chi connectivity index (χ3v) is 5.62. The molecule has 3 rings (SSSR count). The number of ether oxygens (including phenoxy) is 2. The van der Waals surface area contributed by atoms with Crippen LogP contribution >= 0.6 is 11.8 Å². The summed E-state index contributed by atoms with van der Waals surface area (Å²) >= 11 is 1.33. The van der Waals surface area contributed by atoms with E-state index in [4.69, 9.17) is 9.47 Å². The summed E-state index contributed by atoms with van der Waals surface area (Å²) in [4.78, 5) is 12.3. The number of hydrogen-bond donors (Lipinski definition) is 1. The minimum absolute atomic E-state index is 0.0844. The average molecular weight is 427 g/mol. The van der Waals surface area contributed by atoms with Gasteiger partial charge in [0.2, 0.25) is 5.91 Å². The first-order valence-corrected chi connectivity index (χ1v) is 10.5. The molecule has 1 heterocycles. The molecule has 30 heavy (non-hydrogen) atoms. The van der Waals surface area contributed by atoms with Crippen LogP contribution in [-0.2, 0) is 18.4 Å². The van der Waals surface area contributed by atoms with Crippen molar-refractivity contribution >= 4 is 23.4 Å². The van der Waals surface area contributed by atoms with E-state index in [9.17, 15) is 4.79 Å². The van der Waals surface area contributed by atoms with Crippen molar-refractivity contribution in [2.75, 3.05) is 18.2 Å². The lowest BCUT2D eigenvalue weighted by Gasteiger charge is -2.11. The van der Waals surface area contributed by atoms with Gasteiger partial charge in [0.1, 0.15) is 6.61 Å². The van der Waals surface area contributed by atoms with Crippen LogP contribution in [0.15, 0.2) is 41.6 Å². The van der Waals surface area contributed by atoms with Gasteiger partial charge in [-0.15, -0.1) is 10.2 Å². The maximum atomic E-state index is 12.3. The third-order valence-electron chi connectivity index (χ3n) is 4.60. The Kier molecular flexibility index (Phi) is 6.99. The number of rotatable bonds is 8. The Bertz CT molecular complexity index is 1050. The van der Waals surface area contributed by atoms with Crippen LogP contribution < -0.4 is 14.8 Å². The molecule has 8 heteroatoms. The summed E-state index contributed by atoms with van der Waals surface area (Å²) in [6.07, 6.45) is 0. The first kappa shape index (κ1) is 21.7. The zero-order valence-electron chi connectivity index (χ0n) is 17.9. The zero-order chi connectivity index (χ0) is 21.7. The molecule has 0 fully saturated rings. The second-order valence-corrected chi connectivity index (χ2v) is 8.00. The average Bonchev–Trinajstić information content (AvgIpc) is 3.07. The van der Waals surface area contributed by atoms with Gasteiger partial charge in [-0.1, -0.05) is 30.0 Å². The molecule has 1 aromatic heterocycles. The van der Waals surface area contributed by atoms with Crippen molar-refractivity contribution in [2.45, 2.75) is 32.5 Å². The number of anilines is 1. The Morgan fingerprint density at radius 2 is 1.80 bits per heavy atom. The highest BCUT2D eigenvalue weighted by Gasteiger charge is 2.14. The Labute approximate surface area is 180 Å². The Balaban J connectivity index is 1.57. The summed E-state index contributed by atoms with van der Waals surface area (Å²) in [5, 5.41) is 12.0. The molecule has 2 aromatic carbocycles. The number of amides is 1. The van der Waals surface area contributed by atoms with Crippen LogP contribution in [0.5, 0.6) is 11.5 Å². The maximum Gasteiger partial charge on any atom is 0.234 e. The molecule has 0 atom stereocenters. The van der Waals surface area contributed by atoms with Crippen LogP contribution in [0.2, 0.25) is 0 Å². The molecule has 3 aromatic rings. The van der Waals surface area contributed by atoms with Gasteiger partial charge >= 0.3 is 0 Å². The molecule has 1 amide bonds. The van der Waals surface area contributed by atoms with Gasteiger partial charge in [-0.3, -0.25) is 4.79 Å². The first-order valence-electron chi connectivity index (χ1n) is 9.53. The normalized spacial score (nSPS) is 10.7. The smallest absolute Gasteiger partial charge is 0.234 e. The number of benzene rings is 2. The van der Waals surface area contributed by atoms with Crippen LogP contribution in [0.4, 0.5) is 5.69 Å². The van der Waals surface area contributed by atoms with Crippen LogP contribution in [0.25, 0.3) is 0 Å². The zero-order valence-corrected chi connectivity index (χ0v) is 18.7. The lowest BCUT2D eigenvalue weighted by molar-refractivity contribution is -0.113. The van der Waals surface area contributed by atoms with Gasteiger partial charge in [-0.25, -0.2) is 0 Å². The topological polar surface area (TPSA) is 78.3 Å². The summed E-state index contributed by atoms with van der Waals surface area (Å²) < 4.78 is 13.0. The van der Waals surface area contributed by atoms with Crippen LogP contribution in [0.1, 0.15) is 22.5 Å². The lowest BCUT2D eigenvalue weighted by Crippen LogP contribution is -2.15. The summed E-state index contributed by atoms with van der Waals surface area (Å²) in [5.41, 5.74) is 4.06. The van der Waals surface area contributed by atoms with E-state index in [0.29, 0.717) is 22.5 Å². The SMILES string of the molecule is COc1cc(C)ccc1OCc1nnc(SCC(=O)Nc2cc(C)ccc2C)n1C. The Morgan fingerprint density at radius 3 is 2.57 bits per heavy atom. The van der Waals surface area contributed by atoms with Crippen LogP contribution in [-0.4, -0.2) is 33.5 Å². The highest BCUT2D eigenvalue weighted by molar-refractivity contribution is 7.99. The predicted octanol–water partition coefficient (Wildman–Crippen LogP) is 4.06. The summed E-state index contributed by atoms with van der Waals surface area (Å²) in [7, 11) is 3.47. The van der Waals surface area contributed by atoms with Crippen molar-refractivity contribution in [2.24, 2.45) is 7.05 Å². The molecule has 7 nitrogen and oxygen atoms in total. The van der Waals surface area contributed by atoms with Gasteiger partial charge in [0.25, 0.3) is 0 Å². The highest BCUT2D eigenvalue weighted by atomic mass is 32.2. The number of hydrogen-bond acceptors (Lipinski definition) is 6. The van der Waals surface area contributed by atoms with Gasteiger partial charge in [0.15, 0.2) is 22.5 Å². The summed E-state index contributed by atoms with van der Waals surface area (Å²) in [6, 6.07) is 11.7. The van der Waals surface area contributed by atoms with E-state index < -0.39 is 0 Å². The standard InChI is InChI=1S/C22H26N4O3S/c1-14-6-8-16(3)17(10-14)23-21(27)13-30-22-25-24-20(26(22)4)12-29-18-9-7-15(2)11-19(18)28-5/h6-11H,12-13H2,1-5H3,(H,23,27). The van der Waals surface area contributed by atoms with Gasteiger partial charge in [-0.05, 0) is 55.7 Å². The number of aryl methyl sites for hydroxylation is 3. The van der Waals surface area contributed by atoms with Crippen molar-refractivity contribution in [1.29, 1.82) is 0 Å². The van der Waals surface area contributed by atoms with Crippen molar-refractivity contribution in [3.05, 3.63) is 58.9 Å². The molecule has 0 saturated heterocycles.